The molecule has 1 atom stereocenters. The van der Waals surface area contributed by atoms with Gasteiger partial charge in [0.15, 0.2) is 0 Å². The lowest BCUT2D eigenvalue weighted by atomic mass is 9.97. The highest BCUT2D eigenvalue weighted by atomic mass is 35.5. The number of piperidine rings is 1. The van der Waals surface area contributed by atoms with Gasteiger partial charge in [0.05, 0.1) is 17.5 Å². The summed E-state index contributed by atoms with van der Waals surface area (Å²) in [5.41, 5.74) is 1.85. The first-order valence-electron chi connectivity index (χ1n) is 9.80. The highest BCUT2D eigenvalue weighted by Crippen LogP contribution is 2.25. The van der Waals surface area contributed by atoms with E-state index in [1.165, 1.54) is 0 Å². The molecule has 7 heteroatoms. The van der Waals surface area contributed by atoms with Gasteiger partial charge in [0.25, 0.3) is 0 Å². The quantitative estimate of drug-likeness (QED) is 0.666. The molecule has 6 nitrogen and oxygen atoms in total. The molecule has 0 spiro atoms. The van der Waals surface area contributed by atoms with Crippen molar-refractivity contribution in [2.45, 2.75) is 25.9 Å². The summed E-state index contributed by atoms with van der Waals surface area (Å²) in [5, 5.41) is 7.70. The molecule has 3 aromatic rings. The van der Waals surface area contributed by atoms with Crippen molar-refractivity contribution in [3.8, 4) is 11.4 Å². The maximum atomic E-state index is 12.6. The van der Waals surface area contributed by atoms with Gasteiger partial charge in [-0.25, -0.2) is 0 Å². The molecule has 0 radical (unpaired) electrons. The van der Waals surface area contributed by atoms with Crippen LogP contribution in [0.2, 0.25) is 5.02 Å². The third-order valence-electron chi connectivity index (χ3n) is 5.13. The van der Waals surface area contributed by atoms with Crippen LogP contribution in [0.25, 0.3) is 11.4 Å². The summed E-state index contributed by atoms with van der Waals surface area (Å²) in [7, 11) is 0. The number of hydrogen-bond donors (Lipinski definition) is 1. The minimum atomic E-state index is -0.0292. The van der Waals surface area contributed by atoms with Crippen LogP contribution in [0.4, 0.5) is 0 Å². The van der Waals surface area contributed by atoms with E-state index < -0.39 is 0 Å². The molecule has 0 aliphatic carbocycles. The van der Waals surface area contributed by atoms with E-state index in [0.29, 0.717) is 36.4 Å². The Morgan fingerprint density at radius 1 is 1.17 bits per heavy atom. The van der Waals surface area contributed by atoms with E-state index in [9.17, 15) is 4.79 Å². The van der Waals surface area contributed by atoms with E-state index >= 15 is 0 Å². The largest absolute Gasteiger partial charge is 0.352 e. The Morgan fingerprint density at radius 3 is 2.79 bits per heavy atom. The fourth-order valence-corrected chi connectivity index (χ4v) is 3.83. The zero-order chi connectivity index (χ0) is 20.1. The number of carbonyl (C=O) groups is 1. The number of amides is 1. The molecule has 0 bridgehead atoms. The normalized spacial score (nSPS) is 17.2. The number of likely N-dealkylation sites (tertiary alicyclic amines) is 1. The van der Waals surface area contributed by atoms with Crippen LogP contribution >= 0.6 is 11.6 Å². The first-order valence-corrected chi connectivity index (χ1v) is 10.2. The van der Waals surface area contributed by atoms with E-state index in [4.69, 9.17) is 16.1 Å². The molecule has 1 amide bonds. The predicted molar refractivity (Wildman–Crippen MR) is 111 cm³/mol. The van der Waals surface area contributed by atoms with Crippen LogP contribution < -0.4 is 5.32 Å². The molecular formula is C22H23ClN4O2. The fourth-order valence-electron chi connectivity index (χ4n) is 3.60. The third-order valence-corrected chi connectivity index (χ3v) is 5.46. The number of nitrogens with zero attached hydrogens (tertiary/aromatic N) is 3. The third kappa shape index (κ3) is 5.02. The predicted octanol–water partition coefficient (Wildman–Crippen LogP) is 3.92. The Hall–Kier alpha value is -2.70. The monoisotopic (exact) mass is 410 g/mol. The standard InChI is InChI=1S/C22H23ClN4O2/c23-19-11-5-4-10-18(19)21-25-20(29-26-21)15-27-12-6-9-17(14-27)22(28)24-13-16-7-2-1-3-8-16/h1-5,7-8,10-11,17H,6,9,12-15H2,(H,24,28). The van der Waals surface area contributed by atoms with Crippen molar-refractivity contribution in [1.82, 2.24) is 20.4 Å². The molecule has 4 rings (SSSR count). The summed E-state index contributed by atoms with van der Waals surface area (Å²) >= 11 is 6.21. The topological polar surface area (TPSA) is 71.3 Å². The van der Waals surface area contributed by atoms with Crippen molar-refractivity contribution < 1.29 is 9.32 Å². The van der Waals surface area contributed by atoms with Gasteiger partial charge < -0.3 is 9.84 Å². The zero-order valence-electron chi connectivity index (χ0n) is 16.1. The molecule has 1 N–H and O–H groups in total. The Labute approximate surface area is 174 Å². The second-order valence-corrected chi connectivity index (χ2v) is 7.68. The number of nitrogens with one attached hydrogen (secondary N) is 1. The lowest BCUT2D eigenvalue weighted by Gasteiger charge is -2.30. The summed E-state index contributed by atoms with van der Waals surface area (Å²) in [6, 6.07) is 17.4. The van der Waals surface area contributed by atoms with Crippen molar-refractivity contribution in [2.24, 2.45) is 5.92 Å². The van der Waals surface area contributed by atoms with Crippen LogP contribution in [0.15, 0.2) is 59.1 Å². The van der Waals surface area contributed by atoms with Crippen molar-refractivity contribution in [3.63, 3.8) is 0 Å². The fraction of sp³-hybridized carbons (Fsp3) is 0.318. The van der Waals surface area contributed by atoms with Crippen LogP contribution in [0.3, 0.4) is 0 Å². The number of hydrogen-bond acceptors (Lipinski definition) is 5. The van der Waals surface area contributed by atoms with Crippen LogP contribution in [0, 0.1) is 5.92 Å². The highest BCUT2D eigenvalue weighted by Gasteiger charge is 2.26. The Kier molecular flexibility index (Phi) is 6.22. The Morgan fingerprint density at radius 2 is 1.97 bits per heavy atom. The van der Waals surface area contributed by atoms with E-state index in [1.54, 1.807) is 6.07 Å². The van der Waals surface area contributed by atoms with Gasteiger partial charge in [-0.3, -0.25) is 9.69 Å². The van der Waals surface area contributed by atoms with E-state index in [0.717, 1.165) is 30.5 Å². The van der Waals surface area contributed by atoms with Crippen molar-refractivity contribution in [3.05, 3.63) is 71.1 Å². The van der Waals surface area contributed by atoms with Crippen molar-refractivity contribution in [2.75, 3.05) is 13.1 Å². The zero-order valence-corrected chi connectivity index (χ0v) is 16.8. The molecule has 2 heterocycles. The summed E-state index contributed by atoms with van der Waals surface area (Å²) in [6.07, 6.45) is 1.86. The van der Waals surface area contributed by atoms with Gasteiger partial charge in [-0.2, -0.15) is 4.98 Å². The summed E-state index contributed by atoms with van der Waals surface area (Å²) in [6.45, 7) is 2.68. The van der Waals surface area contributed by atoms with Crippen LogP contribution in [0.5, 0.6) is 0 Å². The molecular weight excluding hydrogens is 388 g/mol. The molecule has 1 saturated heterocycles. The second kappa shape index (κ2) is 9.20. The van der Waals surface area contributed by atoms with Gasteiger partial charge in [0.2, 0.25) is 17.6 Å². The minimum Gasteiger partial charge on any atom is -0.352 e. The highest BCUT2D eigenvalue weighted by molar-refractivity contribution is 6.33. The molecule has 1 fully saturated rings. The first kappa shape index (κ1) is 19.6. The molecule has 2 aromatic carbocycles. The maximum Gasteiger partial charge on any atom is 0.241 e. The average molecular weight is 411 g/mol. The molecule has 1 unspecified atom stereocenters. The van der Waals surface area contributed by atoms with Crippen molar-refractivity contribution >= 4 is 17.5 Å². The summed E-state index contributed by atoms with van der Waals surface area (Å²) < 4.78 is 5.42. The van der Waals surface area contributed by atoms with E-state index in [2.05, 4.69) is 20.4 Å². The van der Waals surface area contributed by atoms with Crippen LogP contribution in [0.1, 0.15) is 24.3 Å². The van der Waals surface area contributed by atoms with Gasteiger partial charge in [0.1, 0.15) is 0 Å². The smallest absolute Gasteiger partial charge is 0.241 e. The van der Waals surface area contributed by atoms with Gasteiger partial charge in [0, 0.05) is 18.7 Å². The average Bonchev–Trinajstić information content (AvgIpc) is 3.21. The molecule has 150 valence electrons. The van der Waals surface area contributed by atoms with E-state index in [-0.39, 0.29) is 11.8 Å². The molecule has 0 saturated carbocycles. The van der Waals surface area contributed by atoms with Gasteiger partial charge in [-0.15, -0.1) is 0 Å². The maximum absolute atomic E-state index is 12.6. The number of benzene rings is 2. The number of rotatable bonds is 6. The lowest BCUT2D eigenvalue weighted by molar-refractivity contribution is -0.127. The van der Waals surface area contributed by atoms with Gasteiger partial charge in [-0.1, -0.05) is 59.2 Å². The Balaban J connectivity index is 1.33. The number of halogens is 1. The lowest BCUT2D eigenvalue weighted by Crippen LogP contribution is -2.42. The summed E-state index contributed by atoms with van der Waals surface area (Å²) in [4.78, 5) is 19.3. The number of carbonyl (C=O) groups excluding carboxylic acids is 1. The SMILES string of the molecule is O=C(NCc1ccccc1)C1CCCN(Cc2nc(-c3ccccc3Cl)no2)C1. The Bertz CT molecular complexity index is 960. The van der Waals surface area contributed by atoms with Crippen molar-refractivity contribution in [1.29, 1.82) is 0 Å². The van der Waals surface area contributed by atoms with Crippen LogP contribution in [-0.4, -0.2) is 34.0 Å². The minimum absolute atomic E-state index is 0.0292. The first-order chi connectivity index (χ1) is 14.2. The summed E-state index contributed by atoms with van der Waals surface area (Å²) in [5.74, 6) is 1.09. The van der Waals surface area contributed by atoms with Crippen LogP contribution in [-0.2, 0) is 17.9 Å². The van der Waals surface area contributed by atoms with E-state index in [1.807, 2.05) is 48.5 Å². The molecule has 1 aromatic heterocycles. The number of aromatic nitrogens is 2. The molecule has 1 aliphatic rings. The molecule has 29 heavy (non-hydrogen) atoms. The van der Waals surface area contributed by atoms with Gasteiger partial charge in [-0.05, 0) is 37.1 Å². The molecule has 1 aliphatic heterocycles. The second-order valence-electron chi connectivity index (χ2n) is 7.27. The van der Waals surface area contributed by atoms with Gasteiger partial charge >= 0.3 is 0 Å².